The smallest absolute Gasteiger partial charge is 0.346 e. The van der Waals surface area contributed by atoms with Crippen LogP contribution in [0.5, 0.6) is 0 Å². The number of carbonyl (C=O) groups is 2. The lowest BCUT2D eigenvalue weighted by atomic mass is 10.1. The summed E-state index contributed by atoms with van der Waals surface area (Å²) in [5.41, 5.74) is 0.872. The third-order valence-corrected chi connectivity index (χ3v) is 5.45. The maximum Gasteiger partial charge on any atom is 0.405 e. The maximum atomic E-state index is 12.7. The van der Waals surface area contributed by atoms with E-state index in [1.165, 1.54) is 11.3 Å². The molecule has 2 aromatic rings. The molecule has 1 saturated heterocycles. The standard InChI is InChI=1S/C19H21F3N4O2S/c20-19(21,22)12-24-17(28)14-7-4-9-26(14)11-15(27)25-16(18-23-8-10-29-18)13-5-2-1-3-6-13/h1-3,5-6,8,10,14,16H,4,7,9,11-12H2,(H,24,28)(H,25,27). The Balaban J connectivity index is 1.63. The molecular formula is C19H21F3N4O2S. The van der Waals surface area contributed by atoms with Gasteiger partial charge in [-0.15, -0.1) is 11.3 Å². The van der Waals surface area contributed by atoms with Crippen LogP contribution in [-0.4, -0.2) is 53.6 Å². The van der Waals surface area contributed by atoms with Crippen molar-refractivity contribution in [1.82, 2.24) is 20.5 Å². The summed E-state index contributed by atoms with van der Waals surface area (Å²) in [6, 6.07) is 8.21. The second kappa shape index (κ2) is 9.36. The molecule has 2 amide bonds. The normalized spacial score (nSPS) is 18.4. The summed E-state index contributed by atoms with van der Waals surface area (Å²) in [6.45, 7) is -0.966. The van der Waals surface area contributed by atoms with E-state index in [4.69, 9.17) is 0 Å². The molecule has 0 aliphatic carbocycles. The molecule has 2 heterocycles. The first-order valence-electron chi connectivity index (χ1n) is 9.16. The second-order valence-corrected chi connectivity index (χ2v) is 7.67. The van der Waals surface area contributed by atoms with Crippen LogP contribution in [0.15, 0.2) is 41.9 Å². The van der Waals surface area contributed by atoms with Gasteiger partial charge in [-0.3, -0.25) is 14.5 Å². The van der Waals surface area contributed by atoms with Crippen LogP contribution in [0.2, 0.25) is 0 Å². The van der Waals surface area contributed by atoms with Crippen molar-refractivity contribution in [2.75, 3.05) is 19.6 Å². The molecule has 0 radical (unpaired) electrons. The highest BCUT2D eigenvalue weighted by atomic mass is 32.1. The first-order chi connectivity index (χ1) is 13.8. The third-order valence-electron chi connectivity index (χ3n) is 4.61. The fraction of sp³-hybridized carbons (Fsp3) is 0.421. The minimum absolute atomic E-state index is 0.0706. The molecule has 156 valence electrons. The maximum absolute atomic E-state index is 12.7. The highest BCUT2D eigenvalue weighted by Gasteiger charge is 2.35. The Labute approximate surface area is 170 Å². The number of likely N-dealkylation sites (tertiary alicyclic amines) is 1. The van der Waals surface area contributed by atoms with E-state index in [0.29, 0.717) is 19.4 Å². The molecular weight excluding hydrogens is 405 g/mol. The minimum atomic E-state index is -4.47. The third kappa shape index (κ3) is 6.01. The Hall–Kier alpha value is -2.46. The van der Waals surface area contributed by atoms with E-state index in [2.05, 4.69) is 10.3 Å². The Bertz CT molecular complexity index is 815. The van der Waals surface area contributed by atoms with E-state index in [1.807, 2.05) is 41.0 Å². The fourth-order valence-electron chi connectivity index (χ4n) is 3.32. The molecule has 0 spiro atoms. The molecule has 2 atom stereocenters. The van der Waals surface area contributed by atoms with E-state index < -0.39 is 30.7 Å². The molecule has 1 aromatic heterocycles. The summed E-state index contributed by atoms with van der Waals surface area (Å²) >= 11 is 1.41. The van der Waals surface area contributed by atoms with Crippen molar-refractivity contribution in [2.45, 2.75) is 31.1 Å². The zero-order valence-corrected chi connectivity index (χ0v) is 16.3. The molecule has 1 aromatic carbocycles. The van der Waals surface area contributed by atoms with E-state index in [0.717, 1.165) is 10.6 Å². The van der Waals surface area contributed by atoms with Crippen molar-refractivity contribution in [3.8, 4) is 0 Å². The molecule has 10 heteroatoms. The van der Waals surface area contributed by atoms with Crippen LogP contribution in [0.4, 0.5) is 13.2 Å². The zero-order chi connectivity index (χ0) is 20.9. The first kappa shape index (κ1) is 21.3. The Morgan fingerprint density at radius 2 is 2.03 bits per heavy atom. The fourth-order valence-corrected chi connectivity index (χ4v) is 4.03. The largest absolute Gasteiger partial charge is 0.405 e. The number of hydrogen-bond donors (Lipinski definition) is 2. The van der Waals surface area contributed by atoms with Gasteiger partial charge in [0.2, 0.25) is 11.8 Å². The van der Waals surface area contributed by atoms with Gasteiger partial charge in [-0.1, -0.05) is 30.3 Å². The van der Waals surface area contributed by atoms with Crippen molar-refractivity contribution < 1.29 is 22.8 Å². The van der Waals surface area contributed by atoms with Crippen molar-refractivity contribution in [2.24, 2.45) is 0 Å². The van der Waals surface area contributed by atoms with Gasteiger partial charge in [0.15, 0.2) is 0 Å². The summed E-state index contributed by atoms with van der Waals surface area (Å²) in [4.78, 5) is 30.7. The van der Waals surface area contributed by atoms with Crippen LogP contribution >= 0.6 is 11.3 Å². The molecule has 0 bridgehead atoms. The molecule has 1 fully saturated rings. The van der Waals surface area contributed by atoms with Gasteiger partial charge in [-0.2, -0.15) is 13.2 Å². The molecule has 2 unspecified atom stereocenters. The zero-order valence-electron chi connectivity index (χ0n) is 15.5. The van der Waals surface area contributed by atoms with E-state index in [9.17, 15) is 22.8 Å². The van der Waals surface area contributed by atoms with Gasteiger partial charge in [0.1, 0.15) is 17.6 Å². The van der Waals surface area contributed by atoms with Crippen LogP contribution in [-0.2, 0) is 9.59 Å². The lowest BCUT2D eigenvalue weighted by molar-refractivity contribution is -0.141. The van der Waals surface area contributed by atoms with Crippen LogP contribution in [0.25, 0.3) is 0 Å². The Morgan fingerprint density at radius 3 is 2.69 bits per heavy atom. The average Bonchev–Trinajstić information content (AvgIpc) is 3.36. The number of rotatable bonds is 7. The Morgan fingerprint density at radius 1 is 1.28 bits per heavy atom. The van der Waals surface area contributed by atoms with E-state index >= 15 is 0 Å². The summed E-state index contributed by atoms with van der Waals surface area (Å²) in [5.74, 6) is -1.02. The number of nitrogens with one attached hydrogen (secondary N) is 2. The minimum Gasteiger partial charge on any atom is -0.346 e. The lowest BCUT2D eigenvalue weighted by Crippen LogP contribution is -2.49. The molecule has 3 rings (SSSR count). The number of alkyl halides is 3. The molecule has 2 N–H and O–H groups in total. The monoisotopic (exact) mass is 426 g/mol. The summed E-state index contributed by atoms with van der Waals surface area (Å²) in [5, 5.41) is 7.39. The topological polar surface area (TPSA) is 74.3 Å². The number of carbonyl (C=O) groups excluding carboxylic acids is 2. The van der Waals surface area contributed by atoms with Crippen LogP contribution < -0.4 is 10.6 Å². The number of hydrogen-bond acceptors (Lipinski definition) is 5. The van der Waals surface area contributed by atoms with Gasteiger partial charge in [-0.05, 0) is 24.9 Å². The highest BCUT2D eigenvalue weighted by Crippen LogP contribution is 2.24. The Kier molecular flexibility index (Phi) is 6.86. The van der Waals surface area contributed by atoms with E-state index in [1.54, 1.807) is 11.1 Å². The van der Waals surface area contributed by atoms with Crippen molar-refractivity contribution in [1.29, 1.82) is 0 Å². The van der Waals surface area contributed by atoms with Crippen molar-refractivity contribution in [3.05, 3.63) is 52.5 Å². The van der Waals surface area contributed by atoms with Crippen molar-refractivity contribution in [3.63, 3.8) is 0 Å². The summed E-state index contributed by atoms with van der Waals surface area (Å²) in [7, 11) is 0. The number of nitrogens with zero attached hydrogens (tertiary/aromatic N) is 2. The molecule has 1 aliphatic heterocycles. The van der Waals surface area contributed by atoms with Gasteiger partial charge in [0.05, 0.1) is 12.6 Å². The van der Waals surface area contributed by atoms with Crippen molar-refractivity contribution >= 4 is 23.2 Å². The second-order valence-electron chi connectivity index (χ2n) is 6.74. The number of amides is 2. The van der Waals surface area contributed by atoms with Gasteiger partial charge in [0.25, 0.3) is 0 Å². The van der Waals surface area contributed by atoms with E-state index in [-0.39, 0.29) is 12.5 Å². The van der Waals surface area contributed by atoms with Gasteiger partial charge < -0.3 is 10.6 Å². The van der Waals surface area contributed by atoms with Gasteiger partial charge in [0, 0.05) is 11.6 Å². The highest BCUT2D eigenvalue weighted by molar-refractivity contribution is 7.09. The molecule has 29 heavy (non-hydrogen) atoms. The number of benzene rings is 1. The average molecular weight is 426 g/mol. The van der Waals surface area contributed by atoms with Gasteiger partial charge >= 0.3 is 6.18 Å². The number of thiazole rings is 1. The lowest BCUT2D eigenvalue weighted by Gasteiger charge is -2.25. The van der Waals surface area contributed by atoms with Crippen LogP contribution in [0.3, 0.4) is 0 Å². The summed E-state index contributed by atoms with van der Waals surface area (Å²) < 4.78 is 37.1. The quantitative estimate of drug-likeness (QED) is 0.714. The molecule has 1 aliphatic rings. The number of halogens is 3. The predicted molar refractivity (Wildman–Crippen MR) is 102 cm³/mol. The van der Waals surface area contributed by atoms with Crippen LogP contribution in [0, 0.1) is 0 Å². The predicted octanol–water partition coefficient (Wildman–Crippen LogP) is 2.49. The number of aromatic nitrogens is 1. The molecule has 6 nitrogen and oxygen atoms in total. The van der Waals surface area contributed by atoms with Gasteiger partial charge in [-0.25, -0.2) is 4.98 Å². The van der Waals surface area contributed by atoms with Crippen LogP contribution in [0.1, 0.15) is 29.5 Å². The summed E-state index contributed by atoms with van der Waals surface area (Å²) in [6.07, 6.45) is -1.74. The SMILES string of the molecule is O=C(CN1CCCC1C(=O)NCC(F)(F)F)NC(c1ccccc1)c1nccs1. The molecule has 0 saturated carbocycles. The first-order valence-corrected chi connectivity index (χ1v) is 10.0.